The SMILES string of the molecule is CC(C)(C)OC(=O)N1C[C@@H]2C(CN3CCC(c4ccc5c(c4)-n4c(nc(=O)c6c(Cl)cccc64)C5(C)C)CC3)[C@@H]2C1. The molecule has 1 saturated carbocycles. The minimum Gasteiger partial charge on any atom is -0.444 e. The molecule has 3 atom stereocenters. The van der Waals surface area contributed by atoms with Crippen molar-refractivity contribution < 1.29 is 9.53 Å². The highest BCUT2D eigenvalue weighted by molar-refractivity contribution is 6.35. The number of carbonyl (C=O) groups excluding carboxylic acids is 1. The van der Waals surface area contributed by atoms with Crippen molar-refractivity contribution in [2.75, 3.05) is 32.7 Å². The molecule has 0 N–H and O–H groups in total. The van der Waals surface area contributed by atoms with E-state index < -0.39 is 5.60 Å². The summed E-state index contributed by atoms with van der Waals surface area (Å²) >= 11 is 6.46. The molecule has 4 aliphatic rings. The Morgan fingerprint density at radius 3 is 2.49 bits per heavy atom. The fourth-order valence-electron chi connectivity index (χ4n) is 7.67. The minimum atomic E-state index is -0.441. The fourth-order valence-corrected chi connectivity index (χ4v) is 7.92. The third-order valence-corrected chi connectivity index (χ3v) is 10.2. The van der Waals surface area contributed by atoms with Crippen LogP contribution in [0, 0.1) is 17.8 Å². The van der Waals surface area contributed by atoms with Gasteiger partial charge in [0.1, 0.15) is 11.4 Å². The van der Waals surface area contributed by atoms with Gasteiger partial charge in [-0.3, -0.25) is 9.36 Å². The molecule has 3 aliphatic heterocycles. The molecule has 7 nitrogen and oxygen atoms in total. The molecule has 7 rings (SSSR count). The van der Waals surface area contributed by atoms with E-state index in [1.807, 2.05) is 37.8 Å². The van der Waals surface area contributed by atoms with Gasteiger partial charge in [0.05, 0.1) is 27.0 Å². The highest BCUT2D eigenvalue weighted by Crippen LogP contribution is 2.52. The number of carbonyl (C=O) groups is 1. The molecule has 1 aromatic heterocycles. The van der Waals surface area contributed by atoms with Crippen molar-refractivity contribution in [3.05, 3.63) is 68.7 Å². The van der Waals surface area contributed by atoms with E-state index in [-0.39, 0.29) is 17.1 Å². The first-order chi connectivity index (χ1) is 19.4. The lowest BCUT2D eigenvalue weighted by Crippen LogP contribution is -2.39. The number of rotatable bonds is 3. The average Bonchev–Trinajstić information content (AvgIpc) is 3.24. The number of fused-ring (bicyclic) bond motifs is 6. The largest absolute Gasteiger partial charge is 0.444 e. The van der Waals surface area contributed by atoms with Crippen LogP contribution in [0.4, 0.5) is 4.79 Å². The lowest BCUT2D eigenvalue weighted by molar-refractivity contribution is 0.0261. The highest BCUT2D eigenvalue weighted by atomic mass is 35.5. The highest BCUT2D eigenvalue weighted by Gasteiger charge is 2.57. The summed E-state index contributed by atoms with van der Waals surface area (Å²) in [6.45, 7) is 15.1. The lowest BCUT2D eigenvalue weighted by Gasteiger charge is -2.33. The van der Waals surface area contributed by atoms with Crippen LogP contribution >= 0.6 is 11.6 Å². The molecule has 2 aromatic carbocycles. The lowest BCUT2D eigenvalue weighted by atomic mass is 9.83. The van der Waals surface area contributed by atoms with E-state index in [0.717, 1.165) is 62.6 Å². The van der Waals surface area contributed by atoms with Gasteiger partial charge in [-0.2, -0.15) is 4.98 Å². The maximum absolute atomic E-state index is 12.9. The number of aromatic nitrogens is 2. The summed E-state index contributed by atoms with van der Waals surface area (Å²) in [5, 5.41) is 0.932. The summed E-state index contributed by atoms with van der Waals surface area (Å²) < 4.78 is 7.73. The predicted octanol–water partition coefficient (Wildman–Crippen LogP) is 5.97. The minimum absolute atomic E-state index is 0.164. The monoisotopic (exact) mass is 574 g/mol. The van der Waals surface area contributed by atoms with Gasteiger partial charge in [-0.1, -0.05) is 29.8 Å². The Morgan fingerprint density at radius 1 is 1.10 bits per heavy atom. The van der Waals surface area contributed by atoms with Gasteiger partial charge >= 0.3 is 6.09 Å². The molecule has 1 unspecified atom stereocenters. The summed E-state index contributed by atoms with van der Waals surface area (Å²) in [5.41, 5.74) is 3.42. The third kappa shape index (κ3) is 4.47. The quantitative estimate of drug-likeness (QED) is 0.385. The first-order valence-electron chi connectivity index (χ1n) is 15.0. The van der Waals surface area contributed by atoms with Crippen molar-refractivity contribution in [3.63, 3.8) is 0 Å². The van der Waals surface area contributed by atoms with Crippen molar-refractivity contribution >= 4 is 28.6 Å². The van der Waals surface area contributed by atoms with Crippen LogP contribution in [0.3, 0.4) is 0 Å². The first kappa shape index (κ1) is 27.0. The number of piperidine rings is 2. The number of nitrogens with zero attached hydrogens (tertiary/aromatic N) is 4. The zero-order valence-corrected chi connectivity index (χ0v) is 25.4. The van der Waals surface area contributed by atoms with E-state index in [9.17, 15) is 9.59 Å². The number of halogens is 1. The Morgan fingerprint density at radius 2 is 1.80 bits per heavy atom. The van der Waals surface area contributed by atoms with E-state index in [1.54, 1.807) is 6.07 Å². The fraction of sp³-hybridized carbons (Fsp3) is 0.545. The van der Waals surface area contributed by atoms with Gasteiger partial charge in [-0.05, 0) is 114 Å². The standard InChI is InChI=1S/C33H39ClN4O3/c1-32(2,3)41-31(40)37-17-22-21(23(22)18-37)16-36-13-11-19(12-14-36)20-9-10-24-27(15-20)38-26-8-6-7-25(34)28(26)29(39)35-30(38)33(24,4)5/h6-10,15,19,21-23H,11-14,16-18H2,1-5H3/t21?,22-,23+. The van der Waals surface area contributed by atoms with Crippen LogP contribution in [0.15, 0.2) is 41.2 Å². The number of hydrogen-bond acceptors (Lipinski definition) is 5. The number of benzene rings is 2. The third-order valence-electron chi connectivity index (χ3n) is 9.91. The van der Waals surface area contributed by atoms with Crippen LogP contribution < -0.4 is 5.56 Å². The molecule has 0 radical (unpaired) electrons. The Hall–Kier alpha value is -2.90. The van der Waals surface area contributed by atoms with Gasteiger partial charge < -0.3 is 14.5 Å². The molecule has 2 saturated heterocycles. The van der Waals surface area contributed by atoms with E-state index in [4.69, 9.17) is 16.3 Å². The van der Waals surface area contributed by atoms with Crippen molar-refractivity contribution in [1.82, 2.24) is 19.4 Å². The Labute approximate surface area is 246 Å². The molecule has 1 aliphatic carbocycles. The molecular formula is C33H39ClN4O3. The Balaban J connectivity index is 1.03. The molecule has 1 amide bonds. The summed E-state index contributed by atoms with van der Waals surface area (Å²) in [5.74, 6) is 3.25. The van der Waals surface area contributed by atoms with Crippen molar-refractivity contribution in [2.24, 2.45) is 17.8 Å². The van der Waals surface area contributed by atoms with Gasteiger partial charge in [0, 0.05) is 19.6 Å². The molecular weight excluding hydrogens is 536 g/mol. The number of likely N-dealkylation sites (tertiary alicyclic amines) is 2. The molecule has 3 aromatic rings. The molecule has 41 heavy (non-hydrogen) atoms. The molecule has 0 spiro atoms. The van der Waals surface area contributed by atoms with E-state index in [2.05, 4.69) is 46.5 Å². The van der Waals surface area contributed by atoms with Gasteiger partial charge in [-0.25, -0.2) is 4.79 Å². The zero-order chi connectivity index (χ0) is 28.8. The number of ether oxygens (including phenoxy) is 1. The van der Waals surface area contributed by atoms with Crippen LogP contribution in [0.25, 0.3) is 16.6 Å². The maximum atomic E-state index is 12.9. The average molecular weight is 575 g/mol. The van der Waals surface area contributed by atoms with Gasteiger partial charge in [0.15, 0.2) is 0 Å². The second kappa shape index (κ2) is 9.30. The molecule has 0 bridgehead atoms. The Bertz CT molecular complexity index is 1600. The number of hydrogen-bond donors (Lipinski definition) is 0. The van der Waals surface area contributed by atoms with Crippen LogP contribution in [-0.4, -0.2) is 63.8 Å². The van der Waals surface area contributed by atoms with Crippen LogP contribution in [0.2, 0.25) is 5.02 Å². The summed E-state index contributed by atoms with van der Waals surface area (Å²) in [4.78, 5) is 34.4. The summed E-state index contributed by atoms with van der Waals surface area (Å²) in [6, 6.07) is 12.5. The van der Waals surface area contributed by atoms with Gasteiger partial charge in [0.25, 0.3) is 5.56 Å². The normalized spacial score (nSPS) is 25.2. The van der Waals surface area contributed by atoms with Gasteiger partial charge in [0.2, 0.25) is 0 Å². The van der Waals surface area contributed by atoms with E-state index in [0.29, 0.717) is 34.1 Å². The molecule has 8 heteroatoms. The van der Waals surface area contributed by atoms with Crippen LogP contribution in [0.5, 0.6) is 0 Å². The van der Waals surface area contributed by atoms with Crippen LogP contribution in [0.1, 0.15) is 70.3 Å². The number of amides is 1. The van der Waals surface area contributed by atoms with E-state index in [1.165, 1.54) is 11.1 Å². The maximum Gasteiger partial charge on any atom is 0.410 e. The smallest absolute Gasteiger partial charge is 0.410 e. The molecule has 216 valence electrons. The second-order valence-corrected chi connectivity index (χ2v) is 14.5. The second-order valence-electron chi connectivity index (χ2n) is 14.1. The summed E-state index contributed by atoms with van der Waals surface area (Å²) in [7, 11) is 0. The summed E-state index contributed by atoms with van der Waals surface area (Å²) in [6.07, 6.45) is 2.11. The van der Waals surface area contributed by atoms with Gasteiger partial charge in [-0.15, -0.1) is 0 Å². The van der Waals surface area contributed by atoms with Crippen molar-refractivity contribution in [2.45, 2.75) is 64.4 Å². The topological polar surface area (TPSA) is 67.7 Å². The first-order valence-corrected chi connectivity index (χ1v) is 15.4. The molecule has 3 fully saturated rings. The Kier molecular flexibility index (Phi) is 6.12. The zero-order valence-electron chi connectivity index (χ0n) is 24.6. The molecule has 4 heterocycles. The van der Waals surface area contributed by atoms with Crippen LogP contribution in [-0.2, 0) is 10.2 Å². The predicted molar refractivity (Wildman–Crippen MR) is 161 cm³/mol. The van der Waals surface area contributed by atoms with Crippen molar-refractivity contribution in [3.8, 4) is 5.69 Å². The van der Waals surface area contributed by atoms with E-state index >= 15 is 0 Å². The van der Waals surface area contributed by atoms with Crippen molar-refractivity contribution in [1.29, 1.82) is 0 Å².